The molecule has 3 aliphatic heterocycles. The Kier molecular flexibility index (Phi) is 5.38. The number of hydrogen-bond acceptors (Lipinski definition) is 4. The molecule has 2 bridgehead atoms. The second-order valence-corrected chi connectivity index (χ2v) is 8.45. The molecule has 0 N–H and O–H groups in total. The van der Waals surface area contributed by atoms with Crippen LogP contribution in [0.25, 0.3) is 10.4 Å². The molecule has 3 saturated heterocycles. The highest BCUT2D eigenvalue weighted by Crippen LogP contribution is 2.32. The van der Waals surface area contributed by atoms with Crippen LogP contribution in [0.5, 0.6) is 0 Å². The highest BCUT2D eigenvalue weighted by atomic mass is 32.1. The minimum absolute atomic E-state index is 0.152. The molecule has 0 aliphatic carbocycles. The lowest BCUT2D eigenvalue weighted by Crippen LogP contribution is -2.49. The Hall–Kier alpha value is -1.69. The largest absolute Gasteiger partial charge is 0.383 e. The number of fused-ring (bicyclic) bond motifs is 4. The maximum absolute atomic E-state index is 12.7. The maximum atomic E-state index is 12.7. The van der Waals surface area contributed by atoms with Gasteiger partial charge in [0.2, 0.25) is 5.91 Å². The van der Waals surface area contributed by atoms with Gasteiger partial charge in [0, 0.05) is 49.1 Å². The van der Waals surface area contributed by atoms with Crippen LogP contribution in [-0.4, -0.2) is 55.1 Å². The van der Waals surface area contributed by atoms with Crippen LogP contribution < -0.4 is 0 Å². The maximum Gasteiger partial charge on any atom is 0.227 e. The van der Waals surface area contributed by atoms with Crippen LogP contribution in [0, 0.1) is 5.92 Å². The van der Waals surface area contributed by atoms with Gasteiger partial charge in [-0.25, -0.2) is 0 Å². The van der Waals surface area contributed by atoms with Gasteiger partial charge in [0.25, 0.3) is 0 Å². The summed E-state index contributed by atoms with van der Waals surface area (Å²) in [7, 11) is 1.70. The SMILES string of the molecule is COCCN1C(=O)[C@@H]2CC[C@H]1CN(Cc1ccc(-c3ccccc3)s1)C2. The summed E-state index contributed by atoms with van der Waals surface area (Å²) in [5.41, 5.74) is 1.28. The molecule has 0 radical (unpaired) electrons. The molecule has 0 spiro atoms. The van der Waals surface area contributed by atoms with E-state index >= 15 is 0 Å². The lowest BCUT2D eigenvalue weighted by Gasteiger charge is -2.35. The van der Waals surface area contributed by atoms with E-state index in [1.165, 1.54) is 15.3 Å². The molecule has 138 valence electrons. The molecule has 2 aromatic rings. The summed E-state index contributed by atoms with van der Waals surface area (Å²) in [4.78, 5) is 20.0. The fourth-order valence-electron chi connectivity index (χ4n) is 4.18. The van der Waals surface area contributed by atoms with Gasteiger partial charge in [-0.15, -0.1) is 11.3 Å². The van der Waals surface area contributed by atoms with Gasteiger partial charge in [-0.1, -0.05) is 30.3 Å². The minimum atomic E-state index is 0.152. The Morgan fingerprint density at radius 3 is 2.77 bits per heavy atom. The summed E-state index contributed by atoms with van der Waals surface area (Å²) in [6.45, 7) is 4.15. The van der Waals surface area contributed by atoms with E-state index in [1.807, 2.05) is 11.3 Å². The van der Waals surface area contributed by atoms with Crippen LogP contribution in [0.2, 0.25) is 0 Å². The number of thiophene rings is 1. The van der Waals surface area contributed by atoms with Crippen LogP contribution in [0.3, 0.4) is 0 Å². The number of ether oxygens (including phenoxy) is 1. The van der Waals surface area contributed by atoms with Crippen molar-refractivity contribution in [1.82, 2.24) is 9.80 Å². The average molecular weight is 371 g/mol. The summed E-state index contributed by atoms with van der Waals surface area (Å²) in [6.07, 6.45) is 2.15. The van der Waals surface area contributed by atoms with Crippen molar-refractivity contribution in [3.63, 3.8) is 0 Å². The Morgan fingerprint density at radius 2 is 1.96 bits per heavy atom. The molecule has 0 saturated carbocycles. The molecule has 5 heteroatoms. The lowest BCUT2D eigenvalue weighted by atomic mass is 9.94. The molecule has 3 fully saturated rings. The van der Waals surface area contributed by atoms with Crippen LogP contribution in [0.1, 0.15) is 17.7 Å². The normalized spacial score (nSPS) is 23.4. The van der Waals surface area contributed by atoms with Crippen molar-refractivity contribution in [2.45, 2.75) is 25.4 Å². The molecule has 4 heterocycles. The van der Waals surface area contributed by atoms with Crippen LogP contribution >= 0.6 is 11.3 Å². The molecule has 2 atom stereocenters. The van der Waals surface area contributed by atoms with E-state index < -0.39 is 0 Å². The molecule has 0 unspecified atom stereocenters. The number of methoxy groups -OCH3 is 1. The van der Waals surface area contributed by atoms with E-state index in [0.717, 1.165) is 39.0 Å². The van der Waals surface area contributed by atoms with E-state index in [0.29, 0.717) is 18.6 Å². The number of rotatable bonds is 6. The van der Waals surface area contributed by atoms with Crippen molar-refractivity contribution in [3.8, 4) is 10.4 Å². The van der Waals surface area contributed by atoms with Gasteiger partial charge in [-0.3, -0.25) is 9.69 Å². The van der Waals surface area contributed by atoms with Crippen LogP contribution in [0.15, 0.2) is 42.5 Å². The predicted octanol–water partition coefficient (Wildman–Crippen LogP) is 3.48. The first kappa shape index (κ1) is 17.7. The number of carbonyl (C=O) groups excluding carboxylic acids is 1. The smallest absolute Gasteiger partial charge is 0.227 e. The number of nitrogens with zero attached hydrogens (tertiary/aromatic N) is 2. The molecule has 1 aromatic carbocycles. The van der Waals surface area contributed by atoms with Gasteiger partial charge in [0.05, 0.1) is 12.5 Å². The minimum Gasteiger partial charge on any atom is -0.383 e. The molecule has 3 aliphatic rings. The Bertz CT molecular complexity index is 745. The van der Waals surface area contributed by atoms with Crippen molar-refractivity contribution in [2.75, 3.05) is 33.4 Å². The first-order valence-electron chi connectivity index (χ1n) is 9.40. The lowest BCUT2D eigenvalue weighted by molar-refractivity contribution is -0.140. The highest BCUT2D eigenvalue weighted by Gasteiger charge is 2.40. The van der Waals surface area contributed by atoms with Crippen LogP contribution in [0.4, 0.5) is 0 Å². The first-order valence-corrected chi connectivity index (χ1v) is 10.2. The van der Waals surface area contributed by atoms with Gasteiger partial charge in [0.15, 0.2) is 0 Å². The number of piperidine rings is 1. The number of hydrogen-bond donors (Lipinski definition) is 0. The van der Waals surface area contributed by atoms with Crippen molar-refractivity contribution in [1.29, 1.82) is 0 Å². The molecule has 5 rings (SSSR count). The average Bonchev–Trinajstić information content (AvgIpc) is 2.97. The van der Waals surface area contributed by atoms with Crippen molar-refractivity contribution in [3.05, 3.63) is 47.3 Å². The third kappa shape index (κ3) is 3.70. The molecule has 4 nitrogen and oxygen atoms in total. The van der Waals surface area contributed by atoms with Crippen LogP contribution in [-0.2, 0) is 16.1 Å². The Morgan fingerprint density at radius 1 is 1.12 bits per heavy atom. The third-order valence-corrected chi connectivity index (χ3v) is 6.62. The fourth-order valence-corrected chi connectivity index (χ4v) is 5.24. The van der Waals surface area contributed by atoms with Gasteiger partial charge < -0.3 is 9.64 Å². The Labute approximate surface area is 159 Å². The first-order chi connectivity index (χ1) is 12.7. The van der Waals surface area contributed by atoms with Crippen molar-refractivity contribution >= 4 is 17.2 Å². The zero-order chi connectivity index (χ0) is 17.9. The predicted molar refractivity (Wildman–Crippen MR) is 105 cm³/mol. The van der Waals surface area contributed by atoms with Crippen molar-refractivity contribution < 1.29 is 9.53 Å². The number of carbonyl (C=O) groups is 1. The van der Waals surface area contributed by atoms with E-state index in [4.69, 9.17) is 4.74 Å². The Balaban J connectivity index is 1.45. The number of amides is 1. The molecular weight excluding hydrogens is 344 g/mol. The van der Waals surface area contributed by atoms with Gasteiger partial charge in [-0.2, -0.15) is 0 Å². The van der Waals surface area contributed by atoms with Gasteiger partial charge in [-0.05, 0) is 30.5 Å². The second kappa shape index (κ2) is 7.91. The third-order valence-electron chi connectivity index (χ3n) is 5.50. The number of benzene rings is 1. The quantitative estimate of drug-likeness (QED) is 0.780. The highest BCUT2D eigenvalue weighted by molar-refractivity contribution is 7.15. The fraction of sp³-hybridized carbons (Fsp3) is 0.476. The van der Waals surface area contributed by atoms with E-state index in [9.17, 15) is 4.79 Å². The monoisotopic (exact) mass is 370 g/mol. The summed E-state index contributed by atoms with van der Waals surface area (Å²) in [5, 5.41) is 0. The van der Waals surface area contributed by atoms with E-state index in [1.54, 1.807) is 7.11 Å². The van der Waals surface area contributed by atoms with Gasteiger partial charge in [0.1, 0.15) is 0 Å². The zero-order valence-corrected chi connectivity index (χ0v) is 16.1. The molecule has 1 aromatic heterocycles. The molecule has 1 amide bonds. The summed E-state index contributed by atoms with van der Waals surface area (Å²) < 4.78 is 5.20. The summed E-state index contributed by atoms with van der Waals surface area (Å²) in [6, 6.07) is 15.3. The van der Waals surface area contributed by atoms with E-state index in [2.05, 4.69) is 52.3 Å². The standard InChI is InChI=1S/C21H26N2O2S/c1-25-12-11-23-18-8-7-17(21(23)24)13-22(14-18)15-19-9-10-20(26-19)16-5-3-2-4-6-16/h2-6,9-10,17-18H,7-8,11-15H2,1H3/t17-,18+/m1/s1. The van der Waals surface area contributed by atoms with E-state index in [-0.39, 0.29) is 5.92 Å². The molecular formula is C21H26N2O2S. The summed E-state index contributed by atoms with van der Waals surface area (Å²) in [5.74, 6) is 0.483. The zero-order valence-electron chi connectivity index (χ0n) is 15.3. The summed E-state index contributed by atoms with van der Waals surface area (Å²) >= 11 is 1.86. The molecule has 26 heavy (non-hydrogen) atoms. The van der Waals surface area contributed by atoms with Crippen molar-refractivity contribution in [2.24, 2.45) is 5.92 Å². The van der Waals surface area contributed by atoms with Gasteiger partial charge >= 0.3 is 0 Å². The second-order valence-electron chi connectivity index (χ2n) is 7.28. The topological polar surface area (TPSA) is 32.8 Å².